The molecule has 0 fully saturated rings. The second-order valence-corrected chi connectivity index (χ2v) is 2.84. The van der Waals surface area contributed by atoms with Gasteiger partial charge in [0.05, 0.1) is 6.61 Å². The van der Waals surface area contributed by atoms with E-state index in [9.17, 15) is 14.9 Å². The summed E-state index contributed by atoms with van der Waals surface area (Å²) in [4.78, 5) is 24.2. The van der Waals surface area contributed by atoms with E-state index in [2.05, 4.69) is 9.72 Å². The second kappa shape index (κ2) is 5.64. The number of ether oxygens (including phenoxy) is 1. The summed E-state index contributed by atoms with van der Waals surface area (Å²) in [5.74, 6) is -0.651. The molecule has 0 aliphatic rings. The van der Waals surface area contributed by atoms with Crippen LogP contribution in [0.15, 0.2) is 24.7 Å². The first kappa shape index (κ1) is 11.9. The van der Waals surface area contributed by atoms with Gasteiger partial charge < -0.3 is 19.4 Å². The molecule has 0 atom stereocenters. The molecule has 1 aromatic rings. The highest BCUT2D eigenvalue weighted by Crippen LogP contribution is 2.05. The van der Waals surface area contributed by atoms with Crippen molar-refractivity contribution in [1.82, 2.24) is 9.55 Å². The molecule has 0 spiro atoms. The maximum absolute atomic E-state index is 10.9. The highest BCUT2D eigenvalue weighted by molar-refractivity contribution is 5.81. The van der Waals surface area contributed by atoms with E-state index in [1.54, 1.807) is 13.0 Å². The van der Waals surface area contributed by atoms with Crippen molar-refractivity contribution >= 4 is 11.8 Å². The van der Waals surface area contributed by atoms with Gasteiger partial charge in [-0.1, -0.05) is 6.08 Å². The predicted octanol–water partition coefficient (Wildman–Crippen LogP) is 0.911. The van der Waals surface area contributed by atoms with Crippen molar-refractivity contribution in [2.45, 2.75) is 13.5 Å². The van der Waals surface area contributed by atoms with E-state index in [1.165, 1.54) is 23.2 Å². The maximum Gasteiger partial charge on any atom is 0.381 e. The minimum Gasteiger partial charge on any atom is -0.463 e. The summed E-state index contributed by atoms with van der Waals surface area (Å²) < 4.78 is 6.16. The maximum atomic E-state index is 10.9. The SMILES string of the molecule is CCOC(=O)/C=C/Cn1cnc([N+](=O)[O-])c1. The molecule has 0 N–H and O–H groups in total. The number of carbonyl (C=O) groups excluding carboxylic acids is 1. The molecule has 0 saturated heterocycles. The Balaban J connectivity index is 2.48. The topological polar surface area (TPSA) is 87.3 Å². The summed E-state index contributed by atoms with van der Waals surface area (Å²) in [7, 11) is 0. The molecule has 0 unspecified atom stereocenters. The van der Waals surface area contributed by atoms with Gasteiger partial charge in [0.25, 0.3) is 0 Å². The molecule has 86 valence electrons. The van der Waals surface area contributed by atoms with E-state index in [1.807, 2.05) is 0 Å². The molecular formula is C9H11N3O4. The first-order chi connectivity index (χ1) is 7.63. The van der Waals surface area contributed by atoms with Crippen LogP contribution in [0.1, 0.15) is 6.92 Å². The van der Waals surface area contributed by atoms with Gasteiger partial charge in [0.15, 0.2) is 0 Å². The Kier molecular flexibility index (Phi) is 4.19. The minimum atomic E-state index is -0.578. The van der Waals surface area contributed by atoms with Gasteiger partial charge in [-0.05, 0) is 16.8 Å². The quantitative estimate of drug-likeness (QED) is 0.321. The molecule has 0 aliphatic carbocycles. The number of imidazole rings is 1. The van der Waals surface area contributed by atoms with Gasteiger partial charge in [0, 0.05) is 12.6 Å². The summed E-state index contributed by atoms with van der Waals surface area (Å²) in [6, 6.07) is 0. The molecule has 1 rings (SSSR count). The number of nitro groups is 1. The van der Waals surface area contributed by atoms with Crippen molar-refractivity contribution in [3.63, 3.8) is 0 Å². The third-order valence-corrected chi connectivity index (χ3v) is 1.66. The van der Waals surface area contributed by atoms with Crippen LogP contribution >= 0.6 is 0 Å². The highest BCUT2D eigenvalue weighted by Gasteiger charge is 2.08. The number of allylic oxidation sites excluding steroid dienone is 1. The van der Waals surface area contributed by atoms with Crippen LogP contribution < -0.4 is 0 Å². The van der Waals surface area contributed by atoms with Crippen molar-refractivity contribution < 1.29 is 14.5 Å². The van der Waals surface area contributed by atoms with Gasteiger partial charge >= 0.3 is 11.8 Å². The third kappa shape index (κ3) is 3.52. The number of rotatable bonds is 5. The lowest BCUT2D eigenvalue weighted by Crippen LogP contribution is -2.00. The molecule has 0 amide bonds. The fourth-order valence-corrected chi connectivity index (χ4v) is 1.00. The Bertz CT molecular complexity index is 411. The van der Waals surface area contributed by atoms with Gasteiger partial charge in [-0.25, -0.2) is 4.79 Å². The number of hydrogen-bond donors (Lipinski definition) is 0. The summed E-state index contributed by atoms with van der Waals surface area (Å²) in [5.41, 5.74) is 0. The smallest absolute Gasteiger partial charge is 0.381 e. The van der Waals surface area contributed by atoms with E-state index in [4.69, 9.17) is 0 Å². The third-order valence-electron chi connectivity index (χ3n) is 1.66. The number of hydrogen-bond acceptors (Lipinski definition) is 5. The van der Waals surface area contributed by atoms with Crippen LogP contribution in [0.25, 0.3) is 0 Å². The number of carbonyl (C=O) groups is 1. The monoisotopic (exact) mass is 225 g/mol. The second-order valence-electron chi connectivity index (χ2n) is 2.84. The summed E-state index contributed by atoms with van der Waals surface area (Å²) in [5, 5.41) is 10.3. The molecule has 0 radical (unpaired) electrons. The lowest BCUT2D eigenvalue weighted by atomic mass is 10.5. The van der Waals surface area contributed by atoms with Crippen LogP contribution in [0.5, 0.6) is 0 Å². The zero-order chi connectivity index (χ0) is 12.0. The average molecular weight is 225 g/mol. The Labute approximate surface area is 91.5 Å². The molecule has 1 heterocycles. The summed E-state index contributed by atoms with van der Waals surface area (Å²) in [6.45, 7) is 2.37. The molecule has 7 heteroatoms. The molecule has 0 bridgehead atoms. The van der Waals surface area contributed by atoms with Crippen molar-refractivity contribution in [3.8, 4) is 0 Å². The first-order valence-electron chi connectivity index (χ1n) is 4.63. The van der Waals surface area contributed by atoms with E-state index >= 15 is 0 Å². The van der Waals surface area contributed by atoms with Crippen molar-refractivity contribution in [2.75, 3.05) is 6.61 Å². The van der Waals surface area contributed by atoms with Crippen molar-refractivity contribution in [3.05, 3.63) is 34.8 Å². The lowest BCUT2D eigenvalue weighted by molar-refractivity contribution is -0.389. The Morgan fingerprint density at radius 3 is 3.06 bits per heavy atom. The van der Waals surface area contributed by atoms with Crippen LogP contribution in [-0.2, 0) is 16.1 Å². The van der Waals surface area contributed by atoms with Gasteiger partial charge in [-0.3, -0.25) is 0 Å². The number of nitrogens with zero attached hydrogens (tertiary/aromatic N) is 3. The Morgan fingerprint density at radius 2 is 2.50 bits per heavy atom. The van der Waals surface area contributed by atoms with E-state index < -0.39 is 10.9 Å². The number of esters is 1. The molecule has 0 aliphatic heterocycles. The molecule has 16 heavy (non-hydrogen) atoms. The van der Waals surface area contributed by atoms with Crippen molar-refractivity contribution in [1.29, 1.82) is 0 Å². The Hall–Kier alpha value is -2.18. The minimum absolute atomic E-state index is 0.218. The van der Waals surface area contributed by atoms with Gasteiger partial charge in [-0.15, -0.1) is 0 Å². The largest absolute Gasteiger partial charge is 0.463 e. The van der Waals surface area contributed by atoms with Crippen LogP contribution in [0.3, 0.4) is 0 Å². The van der Waals surface area contributed by atoms with Crippen LogP contribution in [0.2, 0.25) is 0 Å². The zero-order valence-corrected chi connectivity index (χ0v) is 8.70. The standard InChI is InChI=1S/C9H11N3O4/c1-2-16-9(13)4-3-5-11-6-8(10-7-11)12(14)15/h3-4,6-7H,2,5H2,1H3/b4-3+. The molecule has 1 aromatic heterocycles. The summed E-state index contributed by atoms with van der Waals surface area (Å²) in [6.07, 6.45) is 5.43. The zero-order valence-electron chi connectivity index (χ0n) is 8.70. The predicted molar refractivity (Wildman–Crippen MR) is 54.7 cm³/mol. The highest BCUT2D eigenvalue weighted by atomic mass is 16.6. The summed E-state index contributed by atoms with van der Waals surface area (Å²) >= 11 is 0. The molecule has 0 saturated carbocycles. The van der Waals surface area contributed by atoms with Gasteiger partial charge in [0.1, 0.15) is 6.20 Å². The molecular weight excluding hydrogens is 214 g/mol. The van der Waals surface area contributed by atoms with Crippen LogP contribution in [0.4, 0.5) is 5.82 Å². The number of aromatic nitrogens is 2. The molecule has 7 nitrogen and oxygen atoms in total. The van der Waals surface area contributed by atoms with Gasteiger partial charge in [0.2, 0.25) is 6.33 Å². The average Bonchev–Trinajstić information content (AvgIpc) is 2.67. The van der Waals surface area contributed by atoms with Crippen LogP contribution in [0, 0.1) is 10.1 Å². The fraction of sp³-hybridized carbons (Fsp3) is 0.333. The fourth-order valence-electron chi connectivity index (χ4n) is 1.00. The van der Waals surface area contributed by atoms with Crippen molar-refractivity contribution in [2.24, 2.45) is 0 Å². The van der Waals surface area contributed by atoms with E-state index in [-0.39, 0.29) is 5.82 Å². The first-order valence-corrected chi connectivity index (χ1v) is 4.63. The lowest BCUT2D eigenvalue weighted by Gasteiger charge is -1.95. The van der Waals surface area contributed by atoms with E-state index in [0.717, 1.165) is 0 Å². The Morgan fingerprint density at radius 1 is 1.75 bits per heavy atom. The van der Waals surface area contributed by atoms with E-state index in [0.29, 0.717) is 13.2 Å². The molecule has 0 aromatic carbocycles. The van der Waals surface area contributed by atoms with Crippen LogP contribution in [-0.4, -0.2) is 27.1 Å². The normalized spacial score (nSPS) is 10.6. The van der Waals surface area contributed by atoms with Gasteiger partial charge in [-0.2, -0.15) is 0 Å².